The summed E-state index contributed by atoms with van der Waals surface area (Å²) >= 11 is 0. The molecule has 0 aromatic rings. The molecule has 0 radical (unpaired) electrons. The molecule has 7 nitrogen and oxygen atoms in total. The Kier molecular flexibility index (Phi) is 5.58. The van der Waals surface area contributed by atoms with Crippen molar-refractivity contribution in [1.82, 2.24) is 10.2 Å². The molecule has 2 N–H and O–H groups in total. The number of nitrogens with one attached hydrogen (secondary N) is 1. The molecule has 1 saturated heterocycles. The lowest BCUT2D eigenvalue weighted by molar-refractivity contribution is -0.142. The highest BCUT2D eigenvalue weighted by Gasteiger charge is 2.15. The van der Waals surface area contributed by atoms with Crippen molar-refractivity contribution in [3.8, 4) is 0 Å². The quantitative estimate of drug-likeness (QED) is 0.601. The number of nitrogens with zero attached hydrogens (tertiary/aromatic N) is 1. The summed E-state index contributed by atoms with van der Waals surface area (Å²) < 4.78 is 9.88. The maximum Gasteiger partial charge on any atom is 0.329 e. The number of aliphatic carboxylic acids is 1. The van der Waals surface area contributed by atoms with Crippen molar-refractivity contribution in [2.45, 2.75) is 0 Å². The number of carboxylic acid groups (broad SMARTS) is 1. The first kappa shape index (κ1) is 12.7. The van der Waals surface area contributed by atoms with Crippen molar-refractivity contribution in [2.75, 3.05) is 46.1 Å². The van der Waals surface area contributed by atoms with Gasteiger partial charge < -0.3 is 24.8 Å². The Hall–Kier alpha value is -1.34. The van der Waals surface area contributed by atoms with Crippen LogP contribution in [0.4, 0.5) is 4.79 Å². The van der Waals surface area contributed by atoms with Crippen molar-refractivity contribution in [3.63, 3.8) is 0 Å². The molecule has 2 amide bonds. The standard InChI is InChI=1S/C9H16N2O5/c12-8(13)7-16-4-1-10-9(14)11-2-5-15-6-3-11/h1-7H2,(H,10,14)(H,12,13). The van der Waals surface area contributed by atoms with Crippen LogP contribution < -0.4 is 5.32 Å². The van der Waals surface area contributed by atoms with Crippen LogP contribution in [0.2, 0.25) is 0 Å². The van der Waals surface area contributed by atoms with Gasteiger partial charge in [-0.15, -0.1) is 0 Å². The highest BCUT2D eigenvalue weighted by molar-refractivity contribution is 5.74. The molecule has 0 aliphatic carbocycles. The zero-order valence-corrected chi connectivity index (χ0v) is 8.98. The topological polar surface area (TPSA) is 88.1 Å². The smallest absolute Gasteiger partial charge is 0.329 e. The Morgan fingerprint density at radius 1 is 1.38 bits per heavy atom. The number of ether oxygens (including phenoxy) is 2. The number of hydrogen-bond acceptors (Lipinski definition) is 4. The summed E-state index contributed by atoms with van der Waals surface area (Å²) in [6, 6.07) is -0.165. The third-order valence-corrected chi connectivity index (χ3v) is 2.05. The summed E-state index contributed by atoms with van der Waals surface area (Å²) in [6.45, 7) is 2.45. The molecule has 7 heteroatoms. The Bertz CT molecular complexity index is 240. The molecule has 1 fully saturated rings. The van der Waals surface area contributed by atoms with Crippen molar-refractivity contribution < 1.29 is 24.2 Å². The SMILES string of the molecule is O=C(O)COCCNC(=O)N1CCOCC1. The zero-order chi connectivity index (χ0) is 11.8. The monoisotopic (exact) mass is 232 g/mol. The predicted molar refractivity (Wildman–Crippen MR) is 54.2 cm³/mol. The molecule has 92 valence electrons. The zero-order valence-electron chi connectivity index (χ0n) is 8.98. The summed E-state index contributed by atoms with van der Waals surface area (Å²) in [7, 11) is 0. The lowest BCUT2D eigenvalue weighted by Crippen LogP contribution is -2.46. The summed E-state index contributed by atoms with van der Waals surface area (Å²) in [6.07, 6.45) is 0. The van der Waals surface area contributed by atoms with E-state index in [1.807, 2.05) is 0 Å². The number of carboxylic acids is 1. The fourth-order valence-corrected chi connectivity index (χ4v) is 1.27. The molecule has 16 heavy (non-hydrogen) atoms. The van der Waals surface area contributed by atoms with Crippen LogP contribution >= 0.6 is 0 Å². The number of urea groups is 1. The molecule has 1 aliphatic rings. The normalized spacial score (nSPS) is 15.9. The summed E-state index contributed by atoms with van der Waals surface area (Å²) in [5.41, 5.74) is 0. The maximum absolute atomic E-state index is 11.5. The van der Waals surface area contributed by atoms with Crippen LogP contribution in [-0.4, -0.2) is 68.1 Å². The van der Waals surface area contributed by atoms with Gasteiger partial charge in [-0.25, -0.2) is 9.59 Å². The van der Waals surface area contributed by atoms with Crippen LogP contribution in [0.15, 0.2) is 0 Å². The minimum Gasteiger partial charge on any atom is -0.480 e. The minimum atomic E-state index is -1.01. The van der Waals surface area contributed by atoms with Crippen molar-refractivity contribution in [2.24, 2.45) is 0 Å². The average Bonchev–Trinajstić information content (AvgIpc) is 2.29. The van der Waals surface area contributed by atoms with E-state index in [-0.39, 0.29) is 19.2 Å². The van der Waals surface area contributed by atoms with Gasteiger partial charge in [0.05, 0.1) is 19.8 Å². The molecule has 0 bridgehead atoms. The van der Waals surface area contributed by atoms with Crippen molar-refractivity contribution in [1.29, 1.82) is 0 Å². The molecule has 0 aromatic heterocycles. The first-order chi connectivity index (χ1) is 7.70. The second-order valence-corrected chi connectivity index (χ2v) is 3.28. The van der Waals surface area contributed by atoms with Crippen LogP contribution in [0.25, 0.3) is 0 Å². The van der Waals surface area contributed by atoms with E-state index in [1.165, 1.54) is 0 Å². The second-order valence-electron chi connectivity index (χ2n) is 3.28. The van der Waals surface area contributed by atoms with Gasteiger partial charge in [0.25, 0.3) is 0 Å². The third-order valence-electron chi connectivity index (χ3n) is 2.05. The number of morpholine rings is 1. The first-order valence-electron chi connectivity index (χ1n) is 5.10. The molecule has 0 unspecified atom stereocenters. The largest absolute Gasteiger partial charge is 0.480 e. The summed E-state index contributed by atoms with van der Waals surface area (Å²) in [5, 5.41) is 10.9. The minimum absolute atomic E-state index is 0.165. The van der Waals surface area contributed by atoms with E-state index in [4.69, 9.17) is 14.6 Å². The van der Waals surface area contributed by atoms with Gasteiger partial charge >= 0.3 is 12.0 Å². The van der Waals surface area contributed by atoms with Gasteiger partial charge in [0.15, 0.2) is 0 Å². The van der Waals surface area contributed by atoms with E-state index in [2.05, 4.69) is 5.32 Å². The fourth-order valence-electron chi connectivity index (χ4n) is 1.27. The molecule has 1 aliphatic heterocycles. The van der Waals surface area contributed by atoms with Gasteiger partial charge in [-0.1, -0.05) is 0 Å². The third kappa shape index (κ3) is 4.94. The van der Waals surface area contributed by atoms with Crippen LogP contribution in [0.1, 0.15) is 0 Å². The van der Waals surface area contributed by atoms with Crippen LogP contribution in [0, 0.1) is 0 Å². The predicted octanol–water partition coefficient (Wildman–Crippen LogP) is -0.871. The Morgan fingerprint density at radius 3 is 2.69 bits per heavy atom. The van der Waals surface area contributed by atoms with Gasteiger partial charge in [-0.05, 0) is 0 Å². The number of rotatable bonds is 5. The van der Waals surface area contributed by atoms with Gasteiger partial charge in [-0.3, -0.25) is 0 Å². The second kappa shape index (κ2) is 7.02. The van der Waals surface area contributed by atoms with E-state index in [1.54, 1.807) is 4.90 Å². The number of amides is 2. The van der Waals surface area contributed by atoms with Crippen molar-refractivity contribution in [3.05, 3.63) is 0 Å². The highest BCUT2D eigenvalue weighted by Crippen LogP contribution is 1.96. The molecule has 1 rings (SSSR count). The number of hydrogen-bond donors (Lipinski definition) is 2. The van der Waals surface area contributed by atoms with E-state index in [9.17, 15) is 9.59 Å². The first-order valence-corrected chi connectivity index (χ1v) is 5.10. The lowest BCUT2D eigenvalue weighted by Gasteiger charge is -2.26. The van der Waals surface area contributed by atoms with Gasteiger partial charge in [0.1, 0.15) is 6.61 Å². The summed E-state index contributed by atoms with van der Waals surface area (Å²) in [4.78, 5) is 23.2. The van der Waals surface area contributed by atoms with Crippen LogP contribution in [0.3, 0.4) is 0 Å². The number of carbonyl (C=O) groups excluding carboxylic acids is 1. The van der Waals surface area contributed by atoms with Gasteiger partial charge in [0.2, 0.25) is 0 Å². The highest BCUT2D eigenvalue weighted by atomic mass is 16.5. The van der Waals surface area contributed by atoms with Crippen LogP contribution in [0.5, 0.6) is 0 Å². The van der Waals surface area contributed by atoms with Crippen molar-refractivity contribution >= 4 is 12.0 Å². The molecule has 0 aromatic carbocycles. The maximum atomic E-state index is 11.5. The molecule has 1 heterocycles. The van der Waals surface area contributed by atoms with Gasteiger partial charge in [-0.2, -0.15) is 0 Å². The average molecular weight is 232 g/mol. The molecular formula is C9H16N2O5. The molecule has 0 saturated carbocycles. The fraction of sp³-hybridized carbons (Fsp3) is 0.778. The molecule has 0 spiro atoms. The Balaban J connectivity index is 2.03. The molecule has 0 atom stereocenters. The Labute approximate surface area is 93.3 Å². The van der Waals surface area contributed by atoms with Crippen LogP contribution in [-0.2, 0) is 14.3 Å². The summed E-state index contributed by atoms with van der Waals surface area (Å²) in [5.74, 6) is -1.01. The molecular weight excluding hydrogens is 216 g/mol. The van der Waals surface area contributed by atoms with E-state index in [0.29, 0.717) is 32.8 Å². The Morgan fingerprint density at radius 2 is 2.06 bits per heavy atom. The van der Waals surface area contributed by atoms with Gasteiger partial charge in [0, 0.05) is 19.6 Å². The van der Waals surface area contributed by atoms with E-state index < -0.39 is 5.97 Å². The van der Waals surface area contributed by atoms with E-state index in [0.717, 1.165) is 0 Å². The van der Waals surface area contributed by atoms with E-state index >= 15 is 0 Å². The lowest BCUT2D eigenvalue weighted by atomic mass is 10.4. The number of carbonyl (C=O) groups is 2.